The number of aromatic nitrogens is 2. The molecule has 7 nitrogen and oxygen atoms in total. The van der Waals surface area contributed by atoms with Gasteiger partial charge in [-0.15, -0.1) is 13.2 Å². The van der Waals surface area contributed by atoms with E-state index in [1.54, 1.807) is 6.20 Å². The Hall–Kier alpha value is -3.40. The zero-order chi connectivity index (χ0) is 22.7. The van der Waals surface area contributed by atoms with Crippen LogP contribution in [0.2, 0.25) is 0 Å². The van der Waals surface area contributed by atoms with E-state index in [0.29, 0.717) is 5.52 Å². The minimum absolute atomic E-state index is 0.00586. The number of benzene rings is 2. The number of piperidine rings is 1. The van der Waals surface area contributed by atoms with Gasteiger partial charge in [0, 0.05) is 23.2 Å². The number of fused-ring (bicyclic) bond motifs is 1. The summed E-state index contributed by atoms with van der Waals surface area (Å²) in [5.74, 6) is -0.872. The summed E-state index contributed by atoms with van der Waals surface area (Å²) in [4.78, 5) is 21.1. The normalized spacial score (nSPS) is 14.9. The molecule has 0 radical (unpaired) electrons. The van der Waals surface area contributed by atoms with Crippen molar-refractivity contribution in [2.24, 2.45) is 0 Å². The van der Waals surface area contributed by atoms with Crippen molar-refractivity contribution < 1.29 is 22.7 Å². The Morgan fingerprint density at radius 3 is 2.72 bits per heavy atom. The first-order valence-corrected chi connectivity index (χ1v) is 10.2. The van der Waals surface area contributed by atoms with E-state index in [4.69, 9.17) is 0 Å². The Kier molecular flexibility index (Phi) is 6.13. The molecule has 1 aliphatic rings. The molecular formula is C22H22F3N5O2. The topological polar surface area (TPSA) is 88.2 Å². The molecule has 0 bridgehead atoms. The molecule has 1 aliphatic heterocycles. The summed E-state index contributed by atoms with van der Waals surface area (Å²) in [6.45, 7) is 3.44. The standard InChI is InChI=1S/C22H22F3N5O2/c1-13-3-2-4-15-12-27-21(30-19(13)15)29-17-6-5-14(11-18(17)32-22(23,24)25)20(31)28-16-7-9-26-10-8-16/h2-6,11-12,16,26H,7-10H2,1H3,(H,28,31)(H,27,29,30). The Labute approximate surface area is 182 Å². The van der Waals surface area contributed by atoms with E-state index in [1.807, 2.05) is 25.1 Å². The van der Waals surface area contributed by atoms with Crippen molar-refractivity contribution in [2.75, 3.05) is 18.4 Å². The number of hydrogen-bond acceptors (Lipinski definition) is 6. The van der Waals surface area contributed by atoms with E-state index in [9.17, 15) is 18.0 Å². The van der Waals surface area contributed by atoms with Gasteiger partial charge in [-0.2, -0.15) is 0 Å². The van der Waals surface area contributed by atoms with Crippen molar-refractivity contribution >= 4 is 28.4 Å². The van der Waals surface area contributed by atoms with Crippen LogP contribution in [0.15, 0.2) is 42.6 Å². The van der Waals surface area contributed by atoms with Gasteiger partial charge in [-0.25, -0.2) is 9.97 Å². The lowest BCUT2D eigenvalue weighted by molar-refractivity contribution is -0.274. The predicted molar refractivity (Wildman–Crippen MR) is 114 cm³/mol. The van der Waals surface area contributed by atoms with Crippen LogP contribution >= 0.6 is 0 Å². The van der Waals surface area contributed by atoms with Crippen LogP contribution in [-0.2, 0) is 0 Å². The van der Waals surface area contributed by atoms with Gasteiger partial charge >= 0.3 is 6.36 Å². The summed E-state index contributed by atoms with van der Waals surface area (Å²) in [5, 5.41) is 9.64. The summed E-state index contributed by atoms with van der Waals surface area (Å²) >= 11 is 0. The average molecular weight is 445 g/mol. The van der Waals surface area contributed by atoms with E-state index in [1.165, 1.54) is 12.1 Å². The van der Waals surface area contributed by atoms with Crippen LogP contribution < -0.4 is 20.7 Å². The number of rotatable bonds is 5. The molecule has 0 aliphatic carbocycles. The monoisotopic (exact) mass is 445 g/mol. The molecule has 10 heteroatoms. The summed E-state index contributed by atoms with van der Waals surface area (Å²) in [6, 6.07) is 9.43. The number of ether oxygens (including phenoxy) is 1. The number of aryl methyl sites for hydroxylation is 1. The quantitative estimate of drug-likeness (QED) is 0.549. The van der Waals surface area contributed by atoms with Crippen LogP contribution in [0.5, 0.6) is 5.75 Å². The van der Waals surface area contributed by atoms with Gasteiger partial charge in [0.15, 0.2) is 5.75 Å². The van der Waals surface area contributed by atoms with Gasteiger partial charge in [0.05, 0.1) is 11.2 Å². The lowest BCUT2D eigenvalue weighted by Crippen LogP contribution is -2.42. The highest BCUT2D eigenvalue weighted by Gasteiger charge is 2.33. The molecule has 1 aromatic heterocycles. The highest BCUT2D eigenvalue weighted by molar-refractivity contribution is 5.95. The van der Waals surface area contributed by atoms with Gasteiger partial charge in [-0.05, 0) is 56.6 Å². The number of para-hydroxylation sites is 1. The second kappa shape index (κ2) is 8.99. The van der Waals surface area contributed by atoms with Crippen molar-refractivity contribution in [3.8, 4) is 5.75 Å². The first-order chi connectivity index (χ1) is 15.3. The molecule has 0 saturated carbocycles. The van der Waals surface area contributed by atoms with Gasteiger partial charge in [0.25, 0.3) is 5.91 Å². The largest absolute Gasteiger partial charge is 0.573 e. The fourth-order valence-electron chi connectivity index (χ4n) is 3.60. The highest BCUT2D eigenvalue weighted by atomic mass is 19.4. The van der Waals surface area contributed by atoms with Crippen LogP contribution in [0.25, 0.3) is 10.9 Å². The number of anilines is 2. The number of nitrogens with zero attached hydrogens (tertiary/aromatic N) is 2. The van der Waals surface area contributed by atoms with Gasteiger partial charge in [-0.3, -0.25) is 4.79 Å². The van der Waals surface area contributed by atoms with E-state index in [2.05, 4.69) is 30.7 Å². The van der Waals surface area contributed by atoms with Crippen LogP contribution in [0, 0.1) is 6.92 Å². The summed E-state index contributed by atoms with van der Waals surface area (Å²) in [5.41, 5.74) is 1.66. The molecule has 0 atom stereocenters. The molecule has 3 N–H and O–H groups in total. The summed E-state index contributed by atoms with van der Waals surface area (Å²) in [7, 11) is 0. The maximum absolute atomic E-state index is 13.0. The fraction of sp³-hybridized carbons (Fsp3) is 0.318. The number of halogens is 3. The number of amides is 1. The fourth-order valence-corrected chi connectivity index (χ4v) is 3.60. The van der Waals surface area contributed by atoms with Crippen molar-refractivity contribution in [1.29, 1.82) is 0 Å². The van der Waals surface area contributed by atoms with Crippen LogP contribution in [0.1, 0.15) is 28.8 Å². The number of carbonyl (C=O) groups is 1. The predicted octanol–water partition coefficient (Wildman–Crippen LogP) is 4.06. The van der Waals surface area contributed by atoms with Gasteiger partial charge in [0.2, 0.25) is 5.95 Å². The first kappa shape index (κ1) is 21.8. The Morgan fingerprint density at radius 2 is 1.97 bits per heavy atom. The molecule has 0 unspecified atom stereocenters. The highest BCUT2D eigenvalue weighted by Crippen LogP contribution is 2.33. The number of nitrogens with one attached hydrogen (secondary N) is 3. The van der Waals surface area contributed by atoms with Crippen LogP contribution in [0.3, 0.4) is 0 Å². The third kappa shape index (κ3) is 5.25. The Balaban J connectivity index is 1.61. The average Bonchev–Trinajstić information content (AvgIpc) is 2.75. The van der Waals surface area contributed by atoms with Crippen LogP contribution in [0.4, 0.5) is 24.8 Å². The third-order valence-corrected chi connectivity index (χ3v) is 5.20. The Morgan fingerprint density at radius 1 is 1.19 bits per heavy atom. The molecule has 1 fully saturated rings. The van der Waals surface area contributed by atoms with Crippen molar-refractivity contribution in [3.05, 3.63) is 53.7 Å². The number of carbonyl (C=O) groups excluding carboxylic acids is 1. The van der Waals surface area contributed by atoms with Gasteiger partial charge in [0.1, 0.15) is 0 Å². The maximum atomic E-state index is 13.0. The lowest BCUT2D eigenvalue weighted by atomic mass is 10.1. The zero-order valence-electron chi connectivity index (χ0n) is 17.3. The number of alkyl halides is 3. The van der Waals surface area contributed by atoms with Crippen LogP contribution in [-0.4, -0.2) is 41.4 Å². The SMILES string of the molecule is Cc1cccc2cnc(Nc3ccc(C(=O)NC4CCNCC4)cc3OC(F)(F)F)nc12. The van der Waals surface area contributed by atoms with E-state index in [-0.39, 0.29) is 23.2 Å². The minimum Gasteiger partial charge on any atom is -0.404 e. The first-order valence-electron chi connectivity index (χ1n) is 10.2. The van der Waals surface area contributed by atoms with E-state index in [0.717, 1.165) is 42.9 Å². The molecule has 1 saturated heterocycles. The van der Waals surface area contributed by atoms with Gasteiger partial charge < -0.3 is 20.7 Å². The molecule has 2 aromatic carbocycles. The molecule has 0 spiro atoms. The summed E-state index contributed by atoms with van der Waals surface area (Å²) < 4.78 is 43.3. The van der Waals surface area contributed by atoms with E-state index < -0.39 is 18.0 Å². The second-order valence-electron chi connectivity index (χ2n) is 7.59. The van der Waals surface area contributed by atoms with Crippen molar-refractivity contribution in [2.45, 2.75) is 32.2 Å². The zero-order valence-corrected chi connectivity index (χ0v) is 17.3. The maximum Gasteiger partial charge on any atom is 0.573 e. The minimum atomic E-state index is -4.93. The molecule has 1 amide bonds. The molecule has 3 aromatic rings. The molecule has 2 heterocycles. The number of hydrogen-bond donors (Lipinski definition) is 3. The van der Waals surface area contributed by atoms with Crippen molar-refractivity contribution in [3.63, 3.8) is 0 Å². The van der Waals surface area contributed by atoms with Gasteiger partial charge in [-0.1, -0.05) is 18.2 Å². The molecule has 4 rings (SSSR count). The Bertz CT molecular complexity index is 1130. The summed E-state index contributed by atoms with van der Waals surface area (Å²) in [6.07, 6.45) is -1.82. The second-order valence-corrected chi connectivity index (χ2v) is 7.59. The van der Waals surface area contributed by atoms with Crippen molar-refractivity contribution in [1.82, 2.24) is 20.6 Å². The third-order valence-electron chi connectivity index (χ3n) is 5.20. The lowest BCUT2D eigenvalue weighted by Gasteiger charge is -2.24. The van der Waals surface area contributed by atoms with E-state index >= 15 is 0 Å². The molecule has 32 heavy (non-hydrogen) atoms. The smallest absolute Gasteiger partial charge is 0.404 e. The molecular weight excluding hydrogens is 423 g/mol. The molecule has 168 valence electrons.